The van der Waals surface area contributed by atoms with Gasteiger partial charge in [0.2, 0.25) is 0 Å². The Bertz CT molecular complexity index is 293. The molecule has 3 fully saturated rings. The molecule has 0 radical (unpaired) electrons. The van der Waals surface area contributed by atoms with Crippen LogP contribution in [0.3, 0.4) is 0 Å². The molecular formula is C15H27NO2. The Morgan fingerprint density at radius 3 is 2.67 bits per heavy atom. The summed E-state index contributed by atoms with van der Waals surface area (Å²) in [7, 11) is 0. The molecule has 0 bridgehead atoms. The fourth-order valence-corrected chi connectivity index (χ4v) is 4.13. The van der Waals surface area contributed by atoms with Crippen molar-refractivity contribution in [1.82, 2.24) is 5.32 Å². The van der Waals surface area contributed by atoms with E-state index in [1.54, 1.807) is 0 Å². The molecule has 2 N–H and O–H groups in total. The van der Waals surface area contributed by atoms with Gasteiger partial charge in [-0.3, -0.25) is 0 Å². The highest BCUT2D eigenvalue weighted by atomic mass is 16.5. The molecule has 0 aromatic heterocycles. The summed E-state index contributed by atoms with van der Waals surface area (Å²) in [5.74, 6) is 0.850. The molecule has 0 aromatic carbocycles. The molecule has 3 unspecified atom stereocenters. The summed E-state index contributed by atoms with van der Waals surface area (Å²) in [5, 5.41) is 14.5. The number of rotatable bonds is 2. The second-order valence-corrected chi connectivity index (χ2v) is 6.84. The topological polar surface area (TPSA) is 41.5 Å². The van der Waals surface area contributed by atoms with Gasteiger partial charge < -0.3 is 15.2 Å². The maximum absolute atomic E-state index is 11.0. The highest BCUT2D eigenvalue weighted by Gasteiger charge is 2.49. The van der Waals surface area contributed by atoms with Crippen LogP contribution in [0.25, 0.3) is 0 Å². The van der Waals surface area contributed by atoms with Gasteiger partial charge in [-0.05, 0) is 64.3 Å². The lowest BCUT2D eigenvalue weighted by Crippen LogP contribution is -2.55. The molecule has 3 nitrogen and oxygen atoms in total. The van der Waals surface area contributed by atoms with Crippen molar-refractivity contribution in [3.05, 3.63) is 0 Å². The fourth-order valence-electron chi connectivity index (χ4n) is 4.13. The SMILES string of the molecule is CC(O)(C1CCCNC1)C1CCOC2(CCC2)C1. The van der Waals surface area contributed by atoms with Crippen LogP contribution < -0.4 is 5.32 Å². The van der Waals surface area contributed by atoms with Gasteiger partial charge in [-0.25, -0.2) is 0 Å². The molecule has 104 valence electrons. The van der Waals surface area contributed by atoms with E-state index in [-0.39, 0.29) is 5.60 Å². The minimum atomic E-state index is -0.514. The van der Waals surface area contributed by atoms with E-state index in [0.29, 0.717) is 11.8 Å². The lowest BCUT2D eigenvalue weighted by atomic mass is 9.64. The number of nitrogens with one attached hydrogen (secondary N) is 1. The monoisotopic (exact) mass is 253 g/mol. The average Bonchev–Trinajstić information content (AvgIpc) is 2.38. The Labute approximate surface area is 110 Å². The third-order valence-electron chi connectivity index (χ3n) is 5.71. The van der Waals surface area contributed by atoms with Gasteiger partial charge >= 0.3 is 0 Å². The van der Waals surface area contributed by atoms with Crippen LogP contribution in [0.4, 0.5) is 0 Å². The van der Waals surface area contributed by atoms with E-state index in [1.807, 2.05) is 0 Å². The Morgan fingerprint density at radius 2 is 2.06 bits per heavy atom. The Morgan fingerprint density at radius 1 is 1.22 bits per heavy atom. The Hall–Kier alpha value is -0.120. The van der Waals surface area contributed by atoms with E-state index in [4.69, 9.17) is 4.74 Å². The molecule has 2 heterocycles. The van der Waals surface area contributed by atoms with Gasteiger partial charge in [0.05, 0.1) is 11.2 Å². The first-order valence-electron chi connectivity index (χ1n) is 7.69. The molecule has 1 saturated carbocycles. The summed E-state index contributed by atoms with van der Waals surface area (Å²) < 4.78 is 5.99. The minimum absolute atomic E-state index is 0.148. The predicted molar refractivity (Wildman–Crippen MR) is 71.5 cm³/mol. The van der Waals surface area contributed by atoms with Crippen LogP contribution in [0.2, 0.25) is 0 Å². The predicted octanol–water partition coefficient (Wildman–Crippen LogP) is 2.09. The highest BCUT2D eigenvalue weighted by Crippen LogP contribution is 2.48. The molecule has 1 aliphatic carbocycles. The van der Waals surface area contributed by atoms with Crippen molar-refractivity contribution >= 4 is 0 Å². The molecule has 3 heteroatoms. The number of hydrogen-bond donors (Lipinski definition) is 2. The zero-order valence-corrected chi connectivity index (χ0v) is 11.6. The van der Waals surface area contributed by atoms with Crippen molar-refractivity contribution < 1.29 is 9.84 Å². The lowest BCUT2D eigenvalue weighted by molar-refractivity contribution is -0.183. The molecule has 0 amide bonds. The maximum Gasteiger partial charge on any atom is 0.0689 e. The van der Waals surface area contributed by atoms with Crippen LogP contribution in [-0.2, 0) is 4.74 Å². The molecule has 2 aliphatic heterocycles. The fraction of sp³-hybridized carbons (Fsp3) is 1.00. The van der Waals surface area contributed by atoms with Crippen molar-refractivity contribution in [3.63, 3.8) is 0 Å². The van der Waals surface area contributed by atoms with Crippen molar-refractivity contribution in [2.75, 3.05) is 19.7 Å². The molecule has 18 heavy (non-hydrogen) atoms. The van der Waals surface area contributed by atoms with E-state index >= 15 is 0 Å². The normalized spacial score (nSPS) is 39.0. The van der Waals surface area contributed by atoms with Gasteiger partial charge in [-0.15, -0.1) is 0 Å². The van der Waals surface area contributed by atoms with Gasteiger partial charge in [-0.2, -0.15) is 0 Å². The summed E-state index contributed by atoms with van der Waals surface area (Å²) in [4.78, 5) is 0. The highest BCUT2D eigenvalue weighted by molar-refractivity contribution is 5.00. The summed E-state index contributed by atoms with van der Waals surface area (Å²) in [6.45, 7) is 5.02. The number of aliphatic hydroxyl groups is 1. The molecule has 3 atom stereocenters. The lowest BCUT2D eigenvalue weighted by Gasteiger charge is -2.52. The van der Waals surface area contributed by atoms with Crippen LogP contribution in [0.1, 0.15) is 51.9 Å². The molecular weight excluding hydrogens is 226 g/mol. The second kappa shape index (κ2) is 4.77. The molecule has 1 spiro atoms. The first kappa shape index (κ1) is 12.9. The average molecular weight is 253 g/mol. The smallest absolute Gasteiger partial charge is 0.0689 e. The zero-order chi connectivity index (χ0) is 12.6. The third-order valence-corrected chi connectivity index (χ3v) is 5.71. The molecule has 2 saturated heterocycles. The largest absolute Gasteiger partial charge is 0.390 e. The van der Waals surface area contributed by atoms with Gasteiger partial charge in [-0.1, -0.05) is 0 Å². The van der Waals surface area contributed by atoms with Gasteiger partial charge in [0.1, 0.15) is 0 Å². The number of hydrogen-bond acceptors (Lipinski definition) is 3. The standard InChI is InChI=1S/C15H27NO2/c1-14(17,13-4-2-8-16-11-13)12-5-9-18-15(10-12)6-3-7-15/h12-13,16-17H,2-11H2,1H3. The first-order valence-corrected chi connectivity index (χ1v) is 7.69. The third kappa shape index (κ3) is 2.21. The summed E-state index contributed by atoms with van der Waals surface area (Å²) in [6, 6.07) is 0. The van der Waals surface area contributed by atoms with Crippen LogP contribution >= 0.6 is 0 Å². The van der Waals surface area contributed by atoms with Crippen molar-refractivity contribution in [1.29, 1.82) is 0 Å². The van der Waals surface area contributed by atoms with Gasteiger partial charge in [0.15, 0.2) is 0 Å². The maximum atomic E-state index is 11.0. The van der Waals surface area contributed by atoms with Crippen LogP contribution in [0, 0.1) is 11.8 Å². The quantitative estimate of drug-likeness (QED) is 0.792. The summed E-state index contributed by atoms with van der Waals surface area (Å²) >= 11 is 0. The van der Waals surface area contributed by atoms with Gasteiger partial charge in [0.25, 0.3) is 0 Å². The van der Waals surface area contributed by atoms with Crippen LogP contribution in [0.5, 0.6) is 0 Å². The van der Waals surface area contributed by atoms with E-state index in [0.717, 1.165) is 32.5 Å². The zero-order valence-electron chi connectivity index (χ0n) is 11.6. The Kier molecular flexibility index (Phi) is 3.41. The number of ether oxygens (including phenoxy) is 1. The van der Waals surface area contributed by atoms with E-state index < -0.39 is 5.60 Å². The molecule has 3 rings (SSSR count). The first-order chi connectivity index (χ1) is 8.62. The Balaban J connectivity index is 1.67. The van der Waals surface area contributed by atoms with Crippen molar-refractivity contribution in [3.8, 4) is 0 Å². The second-order valence-electron chi connectivity index (χ2n) is 6.84. The van der Waals surface area contributed by atoms with Crippen molar-refractivity contribution in [2.24, 2.45) is 11.8 Å². The molecule has 0 aromatic rings. The van der Waals surface area contributed by atoms with Crippen LogP contribution in [0.15, 0.2) is 0 Å². The van der Waals surface area contributed by atoms with Crippen molar-refractivity contribution in [2.45, 2.75) is 63.1 Å². The van der Waals surface area contributed by atoms with E-state index in [2.05, 4.69) is 12.2 Å². The number of piperidine rings is 1. The summed E-state index contributed by atoms with van der Waals surface area (Å²) in [6.07, 6.45) is 8.21. The van der Waals surface area contributed by atoms with E-state index in [1.165, 1.54) is 32.1 Å². The summed E-state index contributed by atoms with van der Waals surface area (Å²) in [5.41, 5.74) is -0.366. The molecule has 3 aliphatic rings. The van der Waals surface area contributed by atoms with Gasteiger partial charge in [0, 0.05) is 19.1 Å². The van der Waals surface area contributed by atoms with Crippen LogP contribution in [-0.4, -0.2) is 36.0 Å². The minimum Gasteiger partial charge on any atom is -0.390 e. The van der Waals surface area contributed by atoms with E-state index in [9.17, 15) is 5.11 Å².